The molecule has 0 amide bonds. The van der Waals surface area contributed by atoms with Crippen molar-refractivity contribution in [1.82, 2.24) is 0 Å². The van der Waals surface area contributed by atoms with Crippen LogP contribution in [0.4, 0.5) is 0 Å². The predicted octanol–water partition coefficient (Wildman–Crippen LogP) is -1.89. The minimum Gasteiger partial charge on any atom is -0.394 e. The fourth-order valence-corrected chi connectivity index (χ4v) is 1.46. The van der Waals surface area contributed by atoms with Gasteiger partial charge in [-0.1, -0.05) is 5.11 Å². The summed E-state index contributed by atoms with van der Waals surface area (Å²) in [5, 5.41) is 40.5. The number of aliphatic hydroxyl groups excluding tert-OH is 4. The number of hydrogen-bond acceptors (Lipinski definition) is 7. The van der Waals surface area contributed by atoms with E-state index in [2.05, 4.69) is 10.0 Å². The Labute approximate surface area is 96.8 Å². The van der Waals surface area contributed by atoms with Gasteiger partial charge in [-0.05, 0) is 5.53 Å². The number of hydrogen-bond donors (Lipinski definition) is 4. The van der Waals surface area contributed by atoms with E-state index in [0.29, 0.717) is 0 Å². The lowest BCUT2D eigenvalue weighted by molar-refractivity contribution is -0.300. The highest BCUT2D eigenvalue weighted by atomic mass is 16.7. The Morgan fingerprint density at radius 1 is 1.24 bits per heavy atom. The van der Waals surface area contributed by atoms with Crippen molar-refractivity contribution in [3.63, 3.8) is 0 Å². The topological polar surface area (TPSA) is 148 Å². The molecular weight excluding hydrogens is 234 g/mol. The van der Waals surface area contributed by atoms with Crippen molar-refractivity contribution in [1.29, 1.82) is 0 Å². The van der Waals surface area contributed by atoms with Crippen LogP contribution >= 0.6 is 0 Å². The highest BCUT2D eigenvalue weighted by molar-refractivity contribution is 4.88. The first kappa shape index (κ1) is 14.1. The fraction of sp³-hybridized carbons (Fsp3) is 1.00. The van der Waals surface area contributed by atoms with Crippen LogP contribution in [0.1, 0.15) is 0 Å². The summed E-state index contributed by atoms with van der Waals surface area (Å²) in [6, 6.07) is 0. The smallest absolute Gasteiger partial charge is 0.186 e. The van der Waals surface area contributed by atoms with Crippen LogP contribution < -0.4 is 0 Å². The van der Waals surface area contributed by atoms with Crippen molar-refractivity contribution < 1.29 is 29.9 Å². The molecule has 9 nitrogen and oxygen atoms in total. The molecule has 0 saturated carbocycles. The Balaban J connectivity index is 2.50. The molecule has 4 N–H and O–H groups in total. The molecule has 1 aliphatic rings. The Hall–Kier alpha value is -0.930. The first-order valence-electron chi connectivity index (χ1n) is 5.04. The quantitative estimate of drug-likeness (QED) is 0.194. The van der Waals surface area contributed by atoms with Gasteiger partial charge in [0.05, 0.1) is 13.2 Å². The Kier molecular flexibility index (Phi) is 5.59. The van der Waals surface area contributed by atoms with Gasteiger partial charge in [0.25, 0.3) is 0 Å². The van der Waals surface area contributed by atoms with Crippen molar-refractivity contribution in [2.45, 2.75) is 30.7 Å². The monoisotopic (exact) mass is 249 g/mol. The molecule has 5 atom stereocenters. The third-order valence-corrected chi connectivity index (χ3v) is 2.39. The normalized spacial score (nSPS) is 37.5. The zero-order valence-electron chi connectivity index (χ0n) is 8.96. The van der Waals surface area contributed by atoms with Crippen LogP contribution in [0.2, 0.25) is 0 Å². The van der Waals surface area contributed by atoms with E-state index in [0.717, 1.165) is 0 Å². The van der Waals surface area contributed by atoms with Gasteiger partial charge in [-0.15, -0.1) is 0 Å². The van der Waals surface area contributed by atoms with Crippen LogP contribution in [0, 0.1) is 0 Å². The second-order valence-electron chi connectivity index (χ2n) is 3.52. The summed E-state index contributed by atoms with van der Waals surface area (Å²) in [4.78, 5) is 2.51. The van der Waals surface area contributed by atoms with E-state index in [4.69, 9.17) is 20.1 Å². The number of aliphatic hydroxyl groups is 4. The van der Waals surface area contributed by atoms with Crippen LogP contribution in [0.3, 0.4) is 0 Å². The summed E-state index contributed by atoms with van der Waals surface area (Å²) in [7, 11) is 0. The number of azide groups is 1. The molecule has 17 heavy (non-hydrogen) atoms. The van der Waals surface area contributed by atoms with Gasteiger partial charge < -0.3 is 29.9 Å². The van der Waals surface area contributed by atoms with Crippen LogP contribution in [0.15, 0.2) is 5.11 Å². The van der Waals surface area contributed by atoms with E-state index >= 15 is 0 Å². The van der Waals surface area contributed by atoms with Crippen molar-refractivity contribution >= 4 is 0 Å². The van der Waals surface area contributed by atoms with Crippen molar-refractivity contribution in [2.24, 2.45) is 5.11 Å². The minimum atomic E-state index is -1.47. The van der Waals surface area contributed by atoms with E-state index in [1.54, 1.807) is 0 Å². The molecule has 1 heterocycles. The number of nitrogens with zero attached hydrogens (tertiary/aromatic N) is 3. The summed E-state index contributed by atoms with van der Waals surface area (Å²) in [6.07, 6.45) is -6.49. The molecule has 0 aromatic carbocycles. The average Bonchev–Trinajstić information content (AvgIpc) is 2.34. The highest BCUT2D eigenvalue weighted by Crippen LogP contribution is 2.21. The van der Waals surface area contributed by atoms with E-state index in [1.807, 2.05) is 0 Å². The van der Waals surface area contributed by atoms with Gasteiger partial charge in [0.15, 0.2) is 6.29 Å². The number of ether oxygens (including phenoxy) is 2. The SMILES string of the molecule is [N-]=[N+]=NCCO[C@@H]1O[C@@H](CO)[C@@H](O)[C@@H](O)[C@@H]1O. The molecular formula is C8H15N3O6. The summed E-state index contributed by atoms with van der Waals surface area (Å²) in [5.41, 5.74) is 8.03. The summed E-state index contributed by atoms with van der Waals surface area (Å²) >= 11 is 0. The molecule has 98 valence electrons. The van der Waals surface area contributed by atoms with Crippen molar-refractivity contribution in [2.75, 3.05) is 19.8 Å². The van der Waals surface area contributed by atoms with E-state index in [-0.39, 0.29) is 13.2 Å². The van der Waals surface area contributed by atoms with E-state index in [1.165, 1.54) is 0 Å². The molecule has 1 fully saturated rings. The van der Waals surface area contributed by atoms with Gasteiger partial charge in [-0.25, -0.2) is 0 Å². The van der Waals surface area contributed by atoms with Crippen LogP contribution in [-0.4, -0.2) is 70.9 Å². The third kappa shape index (κ3) is 3.51. The summed E-state index contributed by atoms with van der Waals surface area (Å²) in [6.45, 7) is -0.473. The molecule has 0 aliphatic carbocycles. The van der Waals surface area contributed by atoms with Crippen molar-refractivity contribution in [3.05, 3.63) is 10.4 Å². The zero-order valence-corrected chi connectivity index (χ0v) is 8.96. The molecule has 0 bridgehead atoms. The Bertz CT molecular complexity index is 282. The maximum Gasteiger partial charge on any atom is 0.186 e. The van der Waals surface area contributed by atoms with Crippen LogP contribution in [-0.2, 0) is 9.47 Å². The van der Waals surface area contributed by atoms with Crippen molar-refractivity contribution in [3.8, 4) is 0 Å². The molecule has 0 radical (unpaired) electrons. The van der Waals surface area contributed by atoms with E-state index < -0.39 is 37.3 Å². The lowest BCUT2D eigenvalue weighted by Crippen LogP contribution is -2.59. The fourth-order valence-electron chi connectivity index (χ4n) is 1.46. The van der Waals surface area contributed by atoms with E-state index in [9.17, 15) is 15.3 Å². The van der Waals surface area contributed by atoms with Gasteiger partial charge in [0.2, 0.25) is 0 Å². The maximum atomic E-state index is 9.53. The highest BCUT2D eigenvalue weighted by Gasteiger charge is 2.43. The minimum absolute atomic E-state index is 0.00719. The van der Waals surface area contributed by atoms with Gasteiger partial charge in [-0.2, -0.15) is 0 Å². The molecule has 0 aromatic rings. The van der Waals surface area contributed by atoms with Gasteiger partial charge in [0, 0.05) is 11.5 Å². The Morgan fingerprint density at radius 2 is 1.94 bits per heavy atom. The van der Waals surface area contributed by atoms with Gasteiger partial charge in [-0.3, -0.25) is 0 Å². The van der Waals surface area contributed by atoms with Crippen LogP contribution in [0.5, 0.6) is 0 Å². The first-order chi connectivity index (χ1) is 8.11. The van der Waals surface area contributed by atoms with Crippen LogP contribution in [0.25, 0.3) is 10.4 Å². The maximum absolute atomic E-state index is 9.53. The molecule has 0 aromatic heterocycles. The molecule has 1 saturated heterocycles. The third-order valence-electron chi connectivity index (χ3n) is 2.39. The van der Waals surface area contributed by atoms with Gasteiger partial charge in [0.1, 0.15) is 24.4 Å². The molecule has 0 unspecified atom stereocenters. The zero-order chi connectivity index (χ0) is 12.8. The Morgan fingerprint density at radius 3 is 2.53 bits per heavy atom. The lowest BCUT2D eigenvalue weighted by Gasteiger charge is -2.39. The second kappa shape index (κ2) is 6.72. The molecule has 1 rings (SSSR count). The lowest BCUT2D eigenvalue weighted by atomic mass is 9.99. The molecule has 9 heteroatoms. The second-order valence-corrected chi connectivity index (χ2v) is 3.52. The van der Waals surface area contributed by atoms with Gasteiger partial charge >= 0.3 is 0 Å². The summed E-state index contributed by atoms with van der Waals surface area (Å²) in [5.74, 6) is 0. The number of rotatable bonds is 5. The summed E-state index contributed by atoms with van der Waals surface area (Å²) < 4.78 is 10.1. The largest absolute Gasteiger partial charge is 0.394 e. The molecule has 1 aliphatic heterocycles. The molecule has 0 spiro atoms. The standard InChI is InChI=1S/C8H15N3O6/c9-11-10-1-2-16-8-7(15)6(14)5(13)4(3-12)17-8/h4-8,12-15H,1-3H2/t4-,5+,6+,7-,8+/m0/s1. The predicted molar refractivity (Wildman–Crippen MR) is 53.7 cm³/mol. The first-order valence-corrected chi connectivity index (χ1v) is 5.04. The average molecular weight is 249 g/mol.